The van der Waals surface area contributed by atoms with Crippen molar-refractivity contribution in [1.29, 1.82) is 0 Å². The van der Waals surface area contributed by atoms with E-state index in [0.29, 0.717) is 6.54 Å². The first-order valence-corrected chi connectivity index (χ1v) is 5.82. The third-order valence-corrected chi connectivity index (χ3v) is 3.04. The Bertz CT molecular complexity index is 135. The van der Waals surface area contributed by atoms with Gasteiger partial charge in [-0.2, -0.15) is 0 Å². The van der Waals surface area contributed by atoms with E-state index < -0.39 is 6.10 Å². The zero-order chi connectivity index (χ0) is 10.2. The van der Waals surface area contributed by atoms with Crippen LogP contribution in [-0.4, -0.2) is 36.0 Å². The summed E-state index contributed by atoms with van der Waals surface area (Å²) in [6.45, 7) is 1.35. The van der Waals surface area contributed by atoms with E-state index in [0.717, 1.165) is 12.5 Å². The Labute approximate surface area is 86.5 Å². The number of hydrogen-bond acceptors (Lipinski definition) is 3. The molecule has 0 aromatic rings. The summed E-state index contributed by atoms with van der Waals surface area (Å²) in [4.78, 5) is 0. The number of rotatable bonds is 6. The molecule has 0 spiro atoms. The van der Waals surface area contributed by atoms with Crippen LogP contribution in [0.25, 0.3) is 0 Å². The highest BCUT2D eigenvalue weighted by Gasteiger charge is 2.12. The summed E-state index contributed by atoms with van der Waals surface area (Å²) in [7, 11) is 0. The van der Waals surface area contributed by atoms with Crippen LogP contribution in [0.3, 0.4) is 0 Å². The van der Waals surface area contributed by atoms with Gasteiger partial charge in [0.1, 0.15) is 0 Å². The predicted molar refractivity (Wildman–Crippen MR) is 57.2 cm³/mol. The van der Waals surface area contributed by atoms with E-state index in [1.165, 1.54) is 38.5 Å². The average molecular weight is 201 g/mol. The van der Waals surface area contributed by atoms with Crippen molar-refractivity contribution >= 4 is 0 Å². The van der Waals surface area contributed by atoms with Crippen LogP contribution in [0, 0.1) is 5.92 Å². The Hall–Kier alpha value is -0.120. The van der Waals surface area contributed by atoms with Crippen molar-refractivity contribution < 1.29 is 10.2 Å². The Kier molecular flexibility index (Phi) is 6.15. The van der Waals surface area contributed by atoms with E-state index in [4.69, 9.17) is 10.2 Å². The summed E-state index contributed by atoms with van der Waals surface area (Å²) >= 11 is 0. The molecule has 1 unspecified atom stereocenters. The van der Waals surface area contributed by atoms with Crippen molar-refractivity contribution in [2.75, 3.05) is 19.7 Å². The molecule has 1 fully saturated rings. The Morgan fingerprint density at radius 2 is 1.93 bits per heavy atom. The maximum atomic E-state index is 9.08. The number of aliphatic hydroxyl groups is 2. The molecule has 1 rings (SSSR count). The smallest absolute Gasteiger partial charge is 0.0894 e. The van der Waals surface area contributed by atoms with Crippen LogP contribution in [0.2, 0.25) is 0 Å². The SMILES string of the molecule is OCC(O)CNCCC1CCCCC1. The van der Waals surface area contributed by atoms with Gasteiger partial charge in [0, 0.05) is 6.54 Å². The molecule has 3 heteroatoms. The molecule has 0 amide bonds. The van der Waals surface area contributed by atoms with Gasteiger partial charge in [-0.3, -0.25) is 0 Å². The lowest BCUT2D eigenvalue weighted by Crippen LogP contribution is -2.30. The fraction of sp³-hybridized carbons (Fsp3) is 1.00. The Morgan fingerprint density at radius 1 is 1.21 bits per heavy atom. The molecule has 3 N–H and O–H groups in total. The van der Waals surface area contributed by atoms with Gasteiger partial charge in [-0.15, -0.1) is 0 Å². The van der Waals surface area contributed by atoms with E-state index in [-0.39, 0.29) is 6.61 Å². The minimum atomic E-state index is -0.596. The summed E-state index contributed by atoms with van der Waals surface area (Å²) in [6, 6.07) is 0. The second-order valence-corrected chi connectivity index (χ2v) is 4.33. The van der Waals surface area contributed by atoms with Crippen LogP contribution in [-0.2, 0) is 0 Å². The number of hydrogen-bond donors (Lipinski definition) is 3. The second kappa shape index (κ2) is 7.21. The van der Waals surface area contributed by atoms with Gasteiger partial charge in [-0.1, -0.05) is 32.1 Å². The van der Waals surface area contributed by atoms with E-state index >= 15 is 0 Å². The summed E-state index contributed by atoms with van der Waals surface area (Å²) in [5, 5.41) is 20.8. The third-order valence-electron chi connectivity index (χ3n) is 3.04. The number of aliphatic hydroxyl groups excluding tert-OH is 2. The van der Waals surface area contributed by atoms with Crippen molar-refractivity contribution in [1.82, 2.24) is 5.32 Å². The fourth-order valence-electron chi connectivity index (χ4n) is 2.12. The van der Waals surface area contributed by atoms with Gasteiger partial charge in [-0.05, 0) is 18.9 Å². The molecule has 1 aliphatic rings. The second-order valence-electron chi connectivity index (χ2n) is 4.33. The normalized spacial score (nSPS) is 21.0. The lowest BCUT2D eigenvalue weighted by Gasteiger charge is -2.21. The van der Waals surface area contributed by atoms with Crippen LogP contribution in [0.4, 0.5) is 0 Å². The molecule has 1 atom stereocenters. The van der Waals surface area contributed by atoms with Crippen molar-refractivity contribution in [2.24, 2.45) is 5.92 Å². The first kappa shape index (κ1) is 12.0. The summed E-state index contributed by atoms with van der Waals surface area (Å²) in [5.41, 5.74) is 0. The van der Waals surface area contributed by atoms with E-state index in [9.17, 15) is 0 Å². The molecule has 0 aliphatic heterocycles. The highest BCUT2D eigenvalue weighted by molar-refractivity contribution is 4.67. The van der Waals surface area contributed by atoms with Crippen molar-refractivity contribution in [3.05, 3.63) is 0 Å². The molecule has 0 saturated heterocycles. The molecule has 3 nitrogen and oxygen atoms in total. The fourth-order valence-corrected chi connectivity index (χ4v) is 2.12. The van der Waals surface area contributed by atoms with Crippen LogP contribution in [0.15, 0.2) is 0 Å². The molecular formula is C11H23NO2. The van der Waals surface area contributed by atoms with Gasteiger partial charge in [0.25, 0.3) is 0 Å². The van der Waals surface area contributed by atoms with Crippen molar-refractivity contribution in [3.8, 4) is 0 Å². The van der Waals surface area contributed by atoms with Crippen molar-refractivity contribution in [2.45, 2.75) is 44.6 Å². The van der Waals surface area contributed by atoms with Crippen LogP contribution < -0.4 is 5.32 Å². The maximum absolute atomic E-state index is 9.08. The van der Waals surface area contributed by atoms with E-state index in [1.54, 1.807) is 0 Å². The zero-order valence-electron chi connectivity index (χ0n) is 8.91. The summed E-state index contributed by atoms with van der Waals surface area (Å²) in [5.74, 6) is 0.891. The van der Waals surface area contributed by atoms with Gasteiger partial charge in [0.05, 0.1) is 12.7 Å². The zero-order valence-corrected chi connectivity index (χ0v) is 8.91. The number of nitrogens with one attached hydrogen (secondary N) is 1. The minimum Gasteiger partial charge on any atom is -0.394 e. The molecule has 0 radical (unpaired) electrons. The van der Waals surface area contributed by atoms with Crippen LogP contribution >= 0.6 is 0 Å². The van der Waals surface area contributed by atoms with Crippen LogP contribution in [0.5, 0.6) is 0 Å². The highest BCUT2D eigenvalue weighted by Crippen LogP contribution is 2.25. The van der Waals surface area contributed by atoms with Gasteiger partial charge < -0.3 is 15.5 Å². The molecule has 0 aromatic heterocycles. The molecule has 0 heterocycles. The Balaban J connectivity index is 1.92. The third kappa shape index (κ3) is 4.94. The quantitative estimate of drug-likeness (QED) is 0.560. The molecule has 0 aromatic carbocycles. The van der Waals surface area contributed by atoms with Crippen molar-refractivity contribution in [3.63, 3.8) is 0 Å². The van der Waals surface area contributed by atoms with Gasteiger partial charge >= 0.3 is 0 Å². The molecule has 0 bridgehead atoms. The summed E-state index contributed by atoms with van der Waals surface area (Å²) in [6.07, 6.45) is 7.58. The molecule has 1 saturated carbocycles. The van der Waals surface area contributed by atoms with E-state index in [1.807, 2.05) is 0 Å². The lowest BCUT2D eigenvalue weighted by atomic mass is 9.87. The molecular weight excluding hydrogens is 178 g/mol. The maximum Gasteiger partial charge on any atom is 0.0894 e. The summed E-state index contributed by atoms with van der Waals surface area (Å²) < 4.78 is 0. The van der Waals surface area contributed by atoms with Gasteiger partial charge in [-0.25, -0.2) is 0 Å². The van der Waals surface area contributed by atoms with Gasteiger partial charge in [0.2, 0.25) is 0 Å². The molecule has 1 aliphatic carbocycles. The van der Waals surface area contributed by atoms with E-state index in [2.05, 4.69) is 5.32 Å². The first-order valence-electron chi connectivity index (χ1n) is 5.82. The highest BCUT2D eigenvalue weighted by atomic mass is 16.3. The standard InChI is InChI=1S/C11H23NO2/c13-9-11(14)8-12-7-6-10-4-2-1-3-5-10/h10-14H,1-9H2. The minimum absolute atomic E-state index is 0.142. The first-order chi connectivity index (χ1) is 6.83. The largest absolute Gasteiger partial charge is 0.394 e. The molecule has 14 heavy (non-hydrogen) atoms. The Morgan fingerprint density at radius 3 is 2.57 bits per heavy atom. The van der Waals surface area contributed by atoms with Gasteiger partial charge in [0.15, 0.2) is 0 Å². The average Bonchev–Trinajstić information content (AvgIpc) is 2.25. The lowest BCUT2D eigenvalue weighted by molar-refractivity contribution is 0.0941. The monoisotopic (exact) mass is 201 g/mol. The molecule has 84 valence electrons. The predicted octanol–water partition coefficient (Wildman–Crippen LogP) is 0.900. The van der Waals surface area contributed by atoms with Crippen LogP contribution in [0.1, 0.15) is 38.5 Å². The topological polar surface area (TPSA) is 52.5 Å².